The van der Waals surface area contributed by atoms with E-state index in [9.17, 15) is 14.7 Å². The number of nitrogens with one attached hydrogen (secondary N) is 1. The number of benzene rings is 1. The van der Waals surface area contributed by atoms with Gasteiger partial charge in [0.2, 0.25) is 5.88 Å². The van der Waals surface area contributed by atoms with E-state index in [0.29, 0.717) is 32.6 Å². The van der Waals surface area contributed by atoms with Crippen LogP contribution in [0.25, 0.3) is 5.69 Å². The minimum absolute atomic E-state index is 0.0741. The molecule has 204 valence electrons. The summed E-state index contributed by atoms with van der Waals surface area (Å²) in [6, 6.07) is 7.59. The molecule has 3 aromatic heterocycles. The predicted molar refractivity (Wildman–Crippen MR) is 147 cm³/mol. The van der Waals surface area contributed by atoms with Gasteiger partial charge in [0, 0.05) is 23.8 Å². The normalized spacial score (nSPS) is 11.9. The van der Waals surface area contributed by atoms with Crippen LogP contribution in [-0.4, -0.2) is 49.6 Å². The molecule has 0 aliphatic rings. The number of hydrogen-bond donors (Lipinski definition) is 2. The summed E-state index contributed by atoms with van der Waals surface area (Å²) < 4.78 is 13.3. The van der Waals surface area contributed by atoms with Crippen LogP contribution in [0.3, 0.4) is 0 Å². The largest absolute Gasteiger partial charge is 0.479 e. The van der Waals surface area contributed by atoms with E-state index in [2.05, 4.69) is 20.4 Å². The minimum atomic E-state index is -1.26. The van der Waals surface area contributed by atoms with E-state index in [1.165, 1.54) is 41.9 Å². The predicted octanol–water partition coefficient (Wildman–Crippen LogP) is 4.71. The van der Waals surface area contributed by atoms with Gasteiger partial charge in [-0.25, -0.2) is 14.5 Å². The molecule has 39 heavy (non-hydrogen) atoms. The fourth-order valence-electron chi connectivity index (χ4n) is 4.27. The zero-order valence-electron chi connectivity index (χ0n) is 21.8. The number of carbonyl (C=O) groups is 1. The van der Waals surface area contributed by atoms with Gasteiger partial charge in [0.25, 0.3) is 5.56 Å². The Labute approximate surface area is 233 Å². The van der Waals surface area contributed by atoms with Gasteiger partial charge in [0.1, 0.15) is 11.4 Å². The Balaban J connectivity index is 2.04. The maximum absolute atomic E-state index is 13.0. The molecule has 3 heterocycles. The maximum Gasteiger partial charge on any atom is 0.356 e. The van der Waals surface area contributed by atoms with Gasteiger partial charge in [-0.1, -0.05) is 49.2 Å². The average molecular weight is 573 g/mol. The number of methoxy groups -OCH3 is 2. The van der Waals surface area contributed by atoms with Crippen LogP contribution in [0.4, 0.5) is 5.69 Å². The van der Waals surface area contributed by atoms with Gasteiger partial charge in [-0.2, -0.15) is 10.1 Å². The van der Waals surface area contributed by atoms with Gasteiger partial charge in [0.05, 0.1) is 37.2 Å². The highest BCUT2D eigenvalue weighted by Gasteiger charge is 2.33. The number of aromatic nitrogens is 5. The number of aromatic carboxylic acids is 1. The first-order valence-corrected chi connectivity index (χ1v) is 12.5. The van der Waals surface area contributed by atoms with Crippen molar-refractivity contribution in [3.8, 4) is 17.6 Å². The molecule has 1 unspecified atom stereocenters. The molecule has 0 bridgehead atoms. The second kappa shape index (κ2) is 11.3. The van der Waals surface area contributed by atoms with Gasteiger partial charge in [0.15, 0.2) is 5.69 Å². The molecule has 0 aliphatic heterocycles. The fourth-order valence-corrected chi connectivity index (χ4v) is 4.65. The van der Waals surface area contributed by atoms with E-state index < -0.39 is 12.0 Å². The van der Waals surface area contributed by atoms with Crippen molar-refractivity contribution in [2.75, 3.05) is 19.5 Å². The highest BCUT2D eigenvalue weighted by Crippen LogP contribution is 2.37. The van der Waals surface area contributed by atoms with Crippen molar-refractivity contribution in [1.82, 2.24) is 24.3 Å². The number of halogens is 2. The minimum Gasteiger partial charge on any atom is -0.479 e. The van der Waals surface area contributed by atoms with E-state index in [0.717, 1.165) is 0 Å². The zero-order chi connectivity index (χ0) is 28.4. The number of pyridine rings is 1. The Morgan fingerprint density at radius 2 is 1.79 bits per heavy atom. The number of nitrogens with zero attached hydrogens (tertiary/aromatic N) is 5. The molecule has 0 radical (unpaired) electrons. The van der Waals surface area contributed by atoms with Crippen molar-refractivity contribution in [1.29, 1.82) is 0 Å². The second-order valence-electron chi connectivity index (χ2n) is 8.89. The summed E-state index contributed by atoms with van der Waals surface area (Å²) in [5.41, 5.74) is 1.41. The smallest absolute Gasteiger partial charge is 0.356 e. The summed E-state index contributed by atoms with van der Waals surface area (Å²) in [5.74, 6) is -1.38. The van der Waals surface area contributed by atoms with Crippen LogP contribution in [0, 0.1) is 0 Å². The lowest BCUT2D eigenvalue weighted by Gasteiger charge is -2.24. The molecular formula is C26H26Cl2N6O5. The van der Waals surface area contributed by atoms with Crippen LogP contribution >= 0.6 is 23.2 Å². The van der Waals surface area contributed by atoms with Gasteiger partial charge in [-0.3, -0.25) is 4.79 Å². The fraction of sp³-hybridized carbons (Fsp3) is 0.269. The quantitative estimate of drug-likeness (QED) is 0.292. The van der Waals surface area contributed by atoms with Gasteiger partial charge < -0.3 is 24.5 Å². The molecule has 2 N–H and O–H groups in total. The number of ether oxygens (including phenoxy) is 2. The van der Waals surface area contributed by atoms with E-state index in [1.807, 2.05) is 13.8 Å². The first kappa shape index (κ1) is 27.9. The zero-order valence-corrected chi connectivity index (χ0v) is 23.3. The molecule has 11 nitrogen and oxygen atoms in total. The Bertz CT molecular complexity index is 1580. The Morgan fingerprint density at radius 1 is 1.10 bits per heavy atom. The highest BCUT2D eigenvalue weighted by molar-refractivity contribution is 6.31. The Hall–Kier alpha value is -4.09. The molecule has 0 aliphatic carbocycles. The number of carboxylic acids is 1. The van der Waals surface area contributed by atoms with E-state index in [-0.39, 0.29) is 34.7 Å². The van der Waals surface area contributed by atoms with Gasteiger partial charge in [-0.15, -0.1) is 0 Å². The molecule has 0 saturated heterocycles. The molecule has 1 aromatic carbocycles. The second-order valence-corrected chi connectivity index (χ2v) is 9.76. The van der Waals surface area contributed by atoms with Gasteiger partial charge in [-0.05, 0) is 29.7 Å². The number of carboxylic acid groups (broad SMARTS) is 1. The van der Waals surface area contributed by atoms with E-state index in [4.69, 9.17) is 32.7 Å². The number of rotatable bonds is 9. The topological polar surface area (TPSA) is 133 Å². The number of aryl methyl sites for hydroxylation is 1. The van der Waals surface area contributed by atoms with Crippen molar-refractivity contribution in [2.24, 2.45) is 7.05 Å². The van der Waals surface area contributed by atoms with Crippen molar-refractivity contribution in [2.45, 2.75) is 25.8 Å². The summed E-state index contributed by atoms with van der Waals surface area (Å²) in [5, 5.41) is 18.8. The Morgan fingerprint density at radius 3 is 2.38 bits per heavy atom. The van der Waals surface area contributed by atoms with Crippen molar-refractivity contribution >= 4 is 34.9 Å². The van der Waals surface area contributed by atoms with Crippen molar-refractivity contribution < 1.29 is 19.4 Å². The van der Waals surface area contributed by atoms with Crippen molar-refractivity contribution in [3.05, 3.63) is 85.6 Å². The molecule has 4 rings (SSSR count). The van der Waals surface area contributed by atoms with Crippen LogP contribution in [0.5, 0.6) is 11.9 Å². The third-order valence-electron chi connectivity index (χ3n) is 5.97. The van der Waals surface area contributed by atoms with E-state index >= 15 is 0 Å². The maximum atomic E-state index is 13.0. The number of hydrogen-bond acceptors (Lipinski definition) is 8. The lowest BCUT2D eigenvalue weighted by atomic mass is 9.92. The third-order valence-corrected chi connectivity index (χ3v) is 6.43. The lowest BCUT2D eigenvalue weighted by molar-refractivity contribution is 0.0688. The summed E-state index contributed by atoms with van der Waals surface area (Å²) >= 11 is 12.4. The molecule has 0 amide bonds. The SMILES string of the molecule is COc1ncc(-n2nc(C(=O)O)c(C(Nc3cc(Cl)cn(C)c3=O)c3ccc(Cl)cc3)c2C(C)C)c(OC)n1. The summed E-state index contributed by atoms with van der Waals surface area (Å²) in [6.45, 7) is 3.80. The Kier molecular flexibility index (Phi) is 8.12. The van der Waals surface area contributed by atoms with E-state index in [1.54, 1.807) is 31.3 Å². The summed E-state index contributed by atoms with van der Waals surface area (Å²) in [6.07, 6.45) is 2.93. The average Bonchev–Trinajstić information content (AvgIpc) is 3.31. The summed E-state index contributed by atoms with van der Waals surface area (Å²) in [4.78, 5) is 34.0. The number of anilines is 1. The molecule has 1 atom stereocenters. The van der Waals surface area contributed by atoms with Crippen LogP contribution in [-0.2, 0) is 7.05 Å². The van der Waals surface area contributed by atoms with Crippen LogP contribution in [0.15, 0.2) is 47.5 Å². The third kappa shape index (κ3) is 5.55. The monoisotopic (exact) mass is 572 g/mol. The van der Waals surface area contributed by atoms with Crippen LogP contribution < -0.4 is 20.3 Å². The highest BCUT2D eigenvalue weighted by atomic mass is 35.5. The van der Waals surface area contributed by atoms with Crippen LogP contribution in [0.1, 0.15) is 53.1 Å². The van der Waals surface area contributed by atoms with Crippen LogP contribution in [0.2, 0.25) is 10.0 Å². The summed E-state index contributed by atoms with van der Waals surface area (Å²) in [7, 11) is 4.42. The first-order valence-electron chi connectivity index (χ1n) is 11.7. The molecule has 0 fully saturated rings. The molecule has 0 spiro atoms. The molecule has 0 saturated carbocycles. The standard InChI is InChI=1S/C26H26Cl2N6O5/c1-13(2)22-19(21(25(36)37)32-34(22)18-11-29-26(39-5)31-23(18)38-4)20(14-6-8-15(27)9-7-14)30-17-10-16(28)12-33(3)24(17)35/h6-13,20,30H,1-5H3,(H,36,37). The van der Waals surface area contributed by atoms with Gasteiger partial charge >= 0.3 is 12.0 Å². The molecular weight excluding hydrogens is 547 g/mol. The lowest BCUT2D eigenvalue weighted by Crippen LogP contribution is -2.25. The molecule has 13 heteroatoms. The van der Waals surface area contributed by atoms with Crippen molar-refractivity contribution in [3.63, 3.8) is 0 Å². The first-order chi connectivity index (χ1) is 18.5. The molecule has 4 aromatic rings.